The molecular formula is C13H16N2O2. The molecule has 0 bridgehead atoms. The zero-order valence-electron chi connectivity index (χ0n) is 9.85. The molecule has 1 heterocycles. The van der Waals surface area contributed by atoms with Gasteiger partial charge in [0.05, 0.1) is 13.2 Å². The standard InChI is InChI=1S/C13H16N2O2/c1-2-7-16-11-5-3-10(4-6-11)12-9-17-13(8-14)15-12/h3-6,9H,2,7-8,14H2,1H3. The van der Waals surface area contributed by atoms with Crippen molar-refractivity contribution < 1.29 is 9.15 Å². The van der Waals surface area contributed by atoms with E-state index in [2.05, 4.69) is 11.9 Å². The first kappa shape index (κ1) is 11.7. The summed E-state index contributed by atoms with van der Waals surface area (Å²) < 4.78 is 10.7. The first-order valence-corrected chi connectivity index (χ1v) is 5.71. The van der Waals surface area contributed by atoms with Crippen molar-refractivity contribution in [1.29, 1.82) is 0 Å². The molecule has 2 rings (SSSR count). The Morgan fingerprint density at radius 1 is 1.29 bits per heavy atom. The molecule has 0 aliphatic heterocycles. The van der Waals surface area contributed by atoms with Gasteiger partial charge in [-0.3, -0.25) is 0 Å². The van der Waals surface area contributed by atoms with Crippen LogP contribution >= 0.6 is 0 Å². The first-order chi connectivity index (χ1) is 8.33. The van der Waals surface area contributed by atoms with Crippen molar-refractivity contribution in [2.45, 2.75) is 19.9 Å². The van der Waals surface area contributed by atoms with Crippen LogP contribution in [0.3, 0.4) is 0 Å². The fraction of sp³-hybridized carbons (Fsp3) is 0.308. The lowest BCUT2D eigenvalue weighted by Gasteiger charge is -2.04. The van der Waals surface area contributed by atoms with E-state index in [1.54, 1.807) is 6.26 Å². The van der Waals surface area contributed by atoms with E-state index in [1.165, 1.54) is 0 Å². The smallest absolute Gasteiger partial charge is 0.208 e. The molecule has 0 fully saturated rings. The number of hydrogen-bond acceptors (Lipinski definition) is 4. The Morgan fingerprint density at radius 2 is 2.06 bits per heavy atom. The van der Waals surface area contributed by atoms with Crippen LogP contribution in [0.15, 0.2) is 34.9 Å². The molecule has 90 valence electrons. The Balaban J connectivity index is 2.11. The molecule has 0 unspecified atom stereocenters. The molecule has 0 amide bonds. The lowest BCUT2D eigenvalue weighted by molar-refractivity contribution is 0.317. The first-order valence-electron chi connectivity index (χ1n) is 5.71. The fourth-order valence-electron chi connectivity index (χ4n) is 1.48. The summed E-state index contributed by atoms with van der Waals surface area (Å²) in [5.74, 6) is 1.42. The second-order valence-electron chi connectivity index (χ2n) is 3.70. The summed E-state index contributed by atoms with van der Waals surface area (Å²) in [6, 6.07) is 7.79. The average Bonchev–Trinajstić information content (AvgIpc) is 2.86. The predicted molar refractivity (Wildman–Crippen MR) is 65.6 cm³/mol. The minimum Gasteiger partial charge on any atom is -0.494 e. The van der Waals surface area contributed by atoms with Gasteiger partial charge in [0, 0.05) is 5.56 Å². The van der Waals surface area contributed by atoms with Gasteiger partial charge in [0.1, 0.15) is 17.7 Å². The van der Waals surface area contributed by atoms with Crippen LogP contribution in [-0.2, 0) is 6.54 Å². The summed E-state index contributed by atoms with van der Waals surface area (Å²) in [6.07, 6.45) is 2.62. The van der Waals surface area contributed by atoms with Crippen LogP contribution in [0.4, 0.5) is 0 Å². The van der Waals surface area contributed by atoms with Crippen molar-refractivity contribution in [1.82, 2.24) is 4.98 Å². The second kappa shape index (κ2) is 5.50. The summed E-state index contributed by atoms with van der Waals surface area (Å²) in [7, 11) is 0. The topological polar surface area (TPSA) is 61.3 Å². The molecule has 0 saturated heterocycles. The summed E-state index contributed by atoms with van der Waals surface area (Å²) in [4.78, 5) is 4.26. The molecule has 0 aliphatic rings. The molecule has 4 nitrogen and oxygen atoms in total. The molecule has 0 spiro atoms. The van der Waals surface area contributed by atoms with Gasteiger partial charge >= 0.3 is 0 Å². The van der Waals surface area contributed by atoms with E-state index in [0.717, 1.165) is 30.0 Å². The van der Waals surface area contributed by atoms with E-state index < -0.39 is 0 Å². The Morgan fingerprint density at radius 3 is 2.65 bits per heavy atom. The zero-order valence-corrected chi connectivity index (χ0v) is 9.85. The van der Waals surface area contributed by atoms with Crippen LogP contribution in [0.2, 0.25) is 0 Å². The normalized spacial score (nSPS) is 10.5. The third-order valence-electron chi connectivity index (χ3n) is 2.35. The number of ether oxygens (including phenoxy) is 1. The van der Waals surface area contributed by atoms with Crippen molar-refractivity contribution in [3.63, 3.8) is 0 Å². The highest BCUT2D eigenvalue weighted by molar-refractivity contribution is 5.58. The Hall–Kier alpha value is -1.81. The van der Waals surface area contributed by atoms with E-state index in [0.29, 0.717) is 12.4 Å². The lowest BCUT2D eigenvalue weighted by Crippen LogP contribution is -1.96. The number of nitrogens with two attached hydrogens (primary N) is 1. The van der Waals surface area contributed by atoms with Gasteiger partial charge in [-0.25, -0.2) is 4.98 Å². The SMILES string of the molecule is CCCOc1ccc(-c2coc(CN)n2)cc1. The van der Waals surface area contributed by atoms with Gasteiger partial charge in [0.2, 0.25) is 5.89 Å². The highest BCUT2D eigenvalue weighted by atomic mass is 16.5. The van der Waals surface area contributed by atoms with E-state index in [-0.39, 0.29) is 0 Å². The summed E-state index contributed by atoms with van der Waals surface area (Å²) in [6.45, 7) is 3.14. The minimum atomic E-state index is 0.317. The number of hydrogen-bond donors (Lipinski definition) is 1. The van der Waals surface area contributed by atoms with Gasteiger partial charge in [0.15, 0.2) is 0 Å². The minimum absolute atomic E-state index is 0.317. The molecule has 0 atom stereocenters. The largest absolute Gasteiger partial charge is 0.494 e. The quantitative estimate of drug-likeness (QED) is 0.860. The molecule has 4 heteroatoms. The number of aromatic nitrogens is 1. The van der Waals surface area contributed by atoms with Crippen molar-refractivity contribution in [2.75, 3.05) is 6.61 Å². The van der Waals surface area contributed by atoms with Crippen molar-refractivity contribution in [2.24, 2.45) is 5.73 Å². The average molecular weight is 232 g/mol. The maximum atomic E-state index is 5.51. The molecule has 1 aromatic carbocycles. The second-order valence-corrected chi connectivity index (χ2v) is 3.70. The molecule has 0 aliphatic carbocycles. The number of oxazole rings is 1. The highest BCUT2D eigenvalue weighted by Gasteiger charge is 2.04. The van der Waals surface area contributed by atoms with Crippen molar-refractivity contribution in [3.05, 3.63) is 36.4 Å². The molecule has 2 N–H and O–H groups in total. The maximum absolute atomic E-state index is 5.51. The number of benzene rings is 1. The molecule has 17 heavy (non-hydrogen) atoms. The van der Waals surface area contributed by atoms with Crippen LogP contribution in [0.25, 0.3) is 11.3 Å². The number of rotatable bonds is 5. The molecule has 0 saturated carbocycles. The van der Waals surface area contributed by atoms with Gasteiger partial charge < -0.3 is 14.9 Å². The Kier molecular flexibility index (Phi) is 3.77. The van der Waals surface area contributed by atoms with Crippen LogP contribution < -0.4 is 10.5 Å². The van der Waals surface area contributed by atoms with Crippen LogP contribution in [0.5, 0.6) is 5.75 Å². The van der Waals surface area contributed by atoms with Gasteiger partial charge in [-0.1, -0.05) is 6.92 Å². The Bertz CT molecular complexity index is 463. The van der Waals surface area contributed by atoms with E-state index in [1.807, 2.05) is 24.3 Å². The van der Waals surface area contributed by atoms with Crippen molar-refractivity contribution in [3.8, 4) is 17.0 Å². The van der Waals surface area contributed by atoms with E-state index in [4.69, 9.17) is 14.9 Å². The fourth-order valence-corrected chi connectivity index (χ4v) is 1.48. The monoisotopic (exact) mass is 232 g/mol. The molecular weight excluding hydrogens is 216 g/mol. The van der Waals surface area contributed by atoms with Crippen LogP contribution in [0, 0.1) is 0 Å². The van der Waals surface area contributed by atoms with E-state index >= 15 is 0 Å². The highest BCUT2D eigenvalue weighted by Crippen LogP contribution is 2.21. The van der Waals surface area contributed by atoms with Gasteiger partial charge in [-0.05, 0) is 30.7 Å². The summed E-state index contributed by atoms with van der Waals surface area (Å²) in [5.41, 5.74) is 7.24. The maximum Gasteiger partial charge on any atom is 0.208 e. The molecule has 2 aromatic rings. The van der Waals surface area contributed by atoms with Gasteiger partial charge in [-0.2, -0.15) is 0 Å². The zero-order chi connectivity index (χ0) is 12.1. The predicted octanol–water partition coefficient (Wildman–Crippen LogP) is 2.59. The third-order valence-corrected chi connectivity index (χ3v) is 2.35. The Labute approximate surface area is 100 Å². The van der Waals surface area contributed by atoms with E-state index in [9.17, 15) is 0 Å². The van der Waals surface area contributed by atoms with Gasteiger partial charge in [0.25, 0.3) is 0 Å². The van der Waals surface area contributed by atoms with Crippen molar-refractivity contribution >= 4 is 0 Å². The molecule has 1 aromatic heterocycles. The summed E-state index contributed by atoms with van der Waals surface area (Å²) in [5, 5.41) is 0. The lowest BCUT2D eigenvalue weighted by atomic mass is 10.2. The van der Waals surface area contributed by atoms with Gasteiger partial charge in [-0.15, -0.1) is 0 Å². The van der Waals surface area contributed by atoms with Crippen LogP contribution in [-0.4, -0.2) is 11.6 Å². The molecule has 0 radical (unpaired) electrons. The number of nitrogens with zero attached hydrogens (tertiary/aromatic N) is 1. The third kappa shape index (κ3) is 2.85. The summed E-state index contributed by atoms with van der Waals surface area (Å²) >= 11 is 0. The van der Waals surface area contributed by atoms with Crippen LogP contribution in [0.1, 0.15) is 19.2 Å².